The van der Waals surface area contributed by atoms with Crippen LogP contribution in [0.2, 0.25) is 0 Å². The topological polar surface area (TPSA) is 46.6 Å². The number of likely N-dealkylation sites (tertiary alicyclic amines) is 1. The number of halogens is 3. The largest absolute Gasteiger partial charge is 0.573 e. The van der Waals surface area contributed by atoms with Crippen LogP contribution < -0.4 is 4.74 Å². The lowest BCUT2D eigenvalue weighted by Crippen LogP contribution is -2.44. The van der Waals surface area contributed by atoms with Gasteiger partial charge in [0.25, 0.3) is 0 Å². The molecule has 1 saturated heterocycles. The molecule has 0 spiro atoms. The second-order valence-corrected chi connectivity index (χ2v) is 5.19. The second-order valence-electron chi connectivity index (χ2n) is 5.19. The third-order valence-electron chi connectivity index (χ3n) is 3.60. The van der Waals surface area contributed by atoms with Crippen molar-refractivity contribution in [1.29, 1.82) is 0 Å². The number of aldehydes is 1. The number of carbonyl (C=O) groups is 2. The molecule has 120 valence electrons. The van der Waals surface area contributed by atoms with Crippen molar-refractivity contribution in [2.24, 2.45) is 0 Å². The van der Waals surface area contributed by atoms with Crippen molar-refractivity contribution in [1.82, 2.24) is 4.90 Å². The number of ether oxygens (including phenoxy) is 1. The van der Waals surface area contributed by atoms with E-state index in [-0.39, 0.29) is 5.75 Å². The predicted octanol–water partition coefficient (Wildman–Crippen LogP) is 2.71. The first kappa shape index (κ1) is 16.5. The standard InChI is InChI=1S/C15H16F3NO3/c16-15(17,18)22-12-6-4-11(5-7-12)9-19-8-2-1-3-13(19)14(21)10-20/h4-7,10,13H,1-3,8-9H2. The van der Waals surface area contributed by atoms with Gasteiger partial charge in [0.1, 0.15) is 5.75 Å². The van der Waals surface area contributed by atoms with Crippen LogP contribution in [0, 0.1) is 0 Å². The highest BCUT2D eigenvalue weighted by Gasteiger charge is 2.31. The Balaban J connectivity index is 2.02. The number of Topliss-reactive ketones (excluding diaryl/α,β-unsaturated/α-hetero) is 1. The number of ketones is 1. The molecule has 1 aromatic rings. The summed E-state index contributed by atoms with van der Waals surface area (Å²) in [5.41, 5.74) is 0.764. The van der Waals surface area contributed by atoms with Gasteiger partial charge in [-0.15, -0.1) is 13.2 Å². The van der Waals surface area contributed by atoms with Crippen molar-refractivity contribution >= 4 is 12.1 Å². The maximum atomic E-state index is 12.1. The van der Waals surface area contributed by atoms with Crippen molar-refractivity contribution in [3.05, 3.63) is 29.8 Å². The first-order chi connectivity index (χ1) is 10.4. The highest BCUT2D eigenvalue weighted by Crippen LogP contribution is 2.24. The predicted molar refractivity (Wildman–Crippen MR) is 72.2 cm³/mol. The zero-order valence-corrected chi connectivity index (χ0v) is 11.8. The van der Waals surface area contributed by atoms with E-state index >= 15 is 0 Å². The van der Waals surface area contributed by atoms with Gasteiger partial charge in [-0.3, -0.25) is 14.5 Å². The molecule has 0 amide bonds. The van der Waals surface area contributed by atoms with Crippen molar-refractivity contribution < 1.29 is 27.5 Å². The van der Waals surface area contributed by atoms with E-state index in [2.05, 4.69) is 4.74 Å². The Morgan fingerprint density at radius 3 is 2.55 bits per heavy atom. The number of rotatable bonds is 5. The first-order valence-electron chi connectivity index (χ1n) is 6.97. The summed E-state index contributed by atoms with van der Waals surface area (Å²) >= 11 is 0. The lowest BCUT2D eigenvalue weighted by Gasteiger charge is -2.33. The maximum absolute atomic E-state index is 12.1. The first-order valence-corrected chi connectivity index (χ1v) is 6.97. The quantitative estimate of drug-likeness (QED) is 0.619. The van der Waals surface area contributed by atoms with Crippen LogP contribution in [-0.4, -0.2) is 35.9 Å². The Labute approximate surface area is 125 Å². The monoisotopic (exact) mass is 315 g/mol. The molecule has 1 aliphatic rings. The van der Waals surface area contributed by atoms with Crippen LogP contribution >= 0.6 is 0 Å². The van der Waals surface area contributed by atoms with Gasteiger partial charge in [0.2, 0.25) is 5.78 Å². The van der Waals surface area contributed by atoms with Gasteiger partial charge in [-0.25, -0.2) is 0 Å². The van der Waals surface area contributed by atoms with Crippen LogP contribution in [0.5, 0.6) is 5.75 Å². The SMILES string of the molecule is O=CC(=O)C1CCCCN1Cc1ccc(OC(F)(F)F)cc1. The third-order valence-corrected chi connectivity index (χ3v) is 3.60. The molecule has 7 heteroatoms. The van der Waals surface area contributed by atoms with E-state index in [1.165, 1.54) is 24.3 Å². The van der Waals surface area contributed by atoms with Crippen molar-refractivity contribution in [3.8, 4) is 5.75 Å². The van der Waals surface area contributed by atoms with Gasteiger partial charge in [-0.1, -0.05) is 18.6 Å². The number of hydrogen-bond acceptors (Lipinski definition) is 4. The molecule has 1 heterocycles. The Morgan fingerprint density at radius 1 is 1.27 bits per heavy atom. The van der Waals surface area contributed by atoms with Crippen LogP contribution in [0.1, 0.15) is 24.8 Å². The summed E-state index contributed by atoms with van der Waals surface area (Å²) in [6, 6.07) is 5.10. The molecule has 0 N–H and O–H groups in total. The molecule has 0 saturated carbocycles. The fourth-order valence-electron chi connectivity index (χ4n) is 2.61. The number of carbonyl (C=O) groups excluding carboxylic acids is 2. The molecule has 1 fully saturated rings. The van der Waals surface area contributed by atoms with Gasteiger partial charge in [0.05, 0.1) is 6.04 Å². The highest BCUT2D eigenvalue weighted by molar-refractivity contribution is 6.27. The van der Waals surface area contributed by atoms with E-state index in [9.17, 15) is 22.8 Å². The van der Waals surface area contributed by atoms with E-state index in [1.54, 1.807) is 0 Å². The lowest BCUT2D eigenvalue weighted by atomic mass is 9.98. The summed E-state index contributed by atoms with van der Waals surface area (Å²) in [7, 11) is 0. The maximum Gasteiger partial charge on any atom is 0.573 e. The molecule has 0 aromatic heterocycles. The highest BCUT2D eigenvalue weighted by atomic mass is 19.4. The van der Waals surface area contributed by atoms with Gasteiger partial charge in [0, 0.05) is 6.54 Å². The fraction of sp³-hybridized carbons (Fsp3) is 0.467. The molecule has 22 heavy (non-hydrogen) atoms. The third kappa shape index (κ3) is 4.56. The van der Waals surface area contributed by atoms with Crippen LogP contribution in [0.4, 0.5) is 13.2 Å². The molecule has 1 unspecified atom stereocenters. The van der Waals surface area contributed by atoms with Crippen LogP contribution in [0.25, 0.3) is 0 Å². The van der Waals surface area contributed by atoms with Crippen LogP contribution in [-0.2, 0) is 16.1 Å². The second kappa shape index (κ2) is 6.91. The lowest BCUT2D eigenvalue weighted by molar-refractivity contribution is -0.274. The van der Waals surface area contributed by atoms with E-state index in [4.69, 9.17) is 0 Å². The Bertz CT molecular complexity index is 528. The molecule has 0 bridgehead atoms. The molecule has 0 aliphatic carbocycles. The zero-order valence-electron chi connectivity index (χ0n) is 11.8. The van der Waals surface area contributed by atoms with Gasteiger partial charge >= 0.3 is 6.36 Å². The number of hydrogen-bond donors (Lipinski definition) is 0. The smallest absolute Gasteiger partial charge is 0.406 e. The van der Waals surface area contributed by atoms with E-state index in [0.29, 0.717) is 25.8 Å². The number of benzene rings is 1. The Kier molecular flexibility index (Phi) is 5.18. The van der Waals surface area contributed by atoms with E-state index in [1.807, 2.05) is 4.90 Å². The number of nitrogens with zero attached hydrogens (tertiary/aromatic N) is 1. The van der Waals surface area contributed by atoms with Crippen LogP contribution in [0.3, 0.4) is 0 Å². The molecule has 1 aromatic carbocycles. The van der Waals surface area contributed by atoms with Crippen molar-refractivity contribution in [2.45, 2.75) is 38.2 Å². The normalized spacial score (nSPS) is 19.7. The van der Waals surface area contributed by atoms with Gasteiger partial charge in [-0.2, -0.15) is 0 Å². The van der Waals surface area contributed by atoms with Gasteiger partial charge in [0.15, 0.2) is 6.29 Å². The summed E-state index contributed by atoms with van der Waals surface area (Å²) in [6.07, 6.45) is -1.93. The summed E-state index contributed by atoms with van der Waals surface area (Å²) in [5.74, 6) is -0.730. The van der Waals surface area contributed by atoms with E-state index in [0.717, 1.165) is 18.4 Å². The average Bonchev–Trinajstić information content (AvgIpc) is 2.47. The van der Waals surface area contributed by atoms with Crippen molar-refractivity contribution in [2.75, 3.05) is 6.54 Å². The summed E-state index contributed by atoms with van der Waals surface area (Å²) in [6.45, 7) is 1.10. The molecule has 0 radical (unpaired) electrons. The summed E-state index contributed by atoms with van der Waals surface area (Å²) in [4.78, 5) is 24.2. The summed E-state index contributed by atoms with van der Waals surface area (Å²) < 4.78 is 40.1. The average molecular weight is 315 g/mol. The van der Waals surface area contributed by atoms with Crippen LogP contribution in [0.15, 0.2) is 24.3 Å². The molecule has 4 nitrogen and oxygen atoms in total. The fourth-order valence-corrected chi connectivity index (χ4v) is 2.61. The zero-order chi connectivity index (χ0) is 16.2. The van der Waals surface area contributed by atoms with Crippen molar-refractivity contribution in [3.63, 3.8) is 0 Å². The molecule has 2 rings (SSSR count). The number of piperidine rings is 1. The molecule has 1 atom stereocenters. The summed E-state index contributed by atoms with van der Waals surface area (Å²) in [5, 5.41) is 0. The molecular weight excluding hydrogens is 299 g/mol. The van der Waals surface area contributed by atoms with E-state index < -0.39 is 18.2 Å². The Hall–Kier alpha value is -1.89. The van der Waals surface area contributed by atoms with Gasteiger partial charge in [-0.05, 0) is 37.1 Å². The minimum Gasteiger partial charge on any atom is -0.406 e. The van der Waals surface area contributed by atoms with Gasteiger partial charge < -0.3 is 4.74 Å². The number of alkyl halides is 3. The minimum atomic E-state index is -4.71. The molecular formula is C15H16F3NO3. The molecule has 1 aliphatic heterocycles. The Morgan fingerprint density at radius 2 is 1.95 bits per heavy atom. The minimum absolute atomic E-state index is 0.282.